The Balaban J connectivity index is 1.58. The van der Waals surface area contributed by atoms with Gasteiger partial charge >= 0.3 is 0 Å². The number of anilines is 1. The minimum absolute atomic E-state index is 0.175. The van der Waals surface area contributed by atoms with E-state index in [1.54, 1.807) is 0 Å². The molecular formula is C26H22Cl2N2. The fraction of sp³-hybridized carbons (Fsp3) is 0.192. The first-order valence-corrected chi connectivity index (χ1v) is 11.1. The molecule has 1 aliphatic heterocycles. The van der Waals surface area contributed by atoms with Gasteiger partial charge in [0.15, 0.2) is 0 Å². The molecule has 1 aliphatic carbocycles. The second-order valence-corrected chi connectivity index (χ2v) is 8.75. The Morgan fingerprint density at radius 1 is 0.833 bits per heavy atom. The molecule has 2 nitrogen and oxygen atoms in total. The molecule has 1 fully saturated rings. The van der Waals surface area contributed by atoms with Crippen molar-refractivity contribution < 1.29 is 0 Å². The predicted octanol–water partition coefficient (Wildman–Crippen LogP) is 7.79. The molecule has 3 aromatic carbocycles. The fourth-order valence-corrected chi connectivity index (χ4v) is 4.80. The van der Waals surface area contributed by atoms with E-state index < -0.39 is 0 Å². The number of allylic oxidation sites excluding steroid dienone is 1. The largest absolute Gasteiger partial charge is 0.257 e. The maximum atomic E-state index is 6.17. The minimum atomic E-state index is 0.175. The van der Waals surface area contributed by atoms with E-state index >= 15 is 0 Å². The lowest BCUT2D eigenvalue weighted by atomic mass is 9.77. The summed E-state index contributed by atoms with van der Waals surface area (Å²) in [7, 11) is 0. The van der Waals surface area contributed by atoms with Gasteiger partial charge in [-0.1, -0.05) is 65.7 Å². The number of para-hydroxylation sites is 1. The van der Waals surface area contributed by atoms with Crippen LogP contribution in [0.3, 0.4) is 0 Å². The molecule has 3 aromatic rings. The average molecular weight is 433 g/mol. The first kappa shape index (κ1) is 19.4. The van der Waals surface area contributed by atoms with Crippen LogP contribution in [0.15, 0.2) is 89.5 Å². The van der Waals surface area contributed by atoms with Crippen molar-refractivity contribution in [3.05, 3.63) is 106 Å². The van der Waals surface area contributed by atoms with Gasteiger partial charge in [0.2, 0.25) is 0 Å². The summed E-state index contributed by atoms with van der Waals surface area (Å²) in [5.74, 6) is 0.360. The molecule has 0 amide bonds. The predicted molar refractivity (Wildman–Crippen MR) is 127 cm³/mol. The number of rotatable bonds is 3. The highest BCUT2D eigenvalue weighted by atomic mass is 35.5. The summed E-state index contributed by atoms with van der Waals surface area (Å²) in [5, 5.41) is 8.90. The number of nitrogens with zero attached hydrogens (tertiary/aromatic N) is 2. The molecule has 30 heavy (non-hydrogen) atoms. The zero-order valence-electron chi connectivity index (χ0n) is 16.5. The van der Waals surface area contributed by atoms with Crippen LogP contribution >= 0.6 is 23.2 Å². The Morgan fingerprint density at radius 2 is 1.50 bits per heavy atom. The lowest BCUT2D eigenvalue weighted by Crippen LogP contribution is -2.28. The van der Waals surface area contributed by atoms with Crippen LogP contribution in [0.4, 0.5) is 5.69 Å². The normalized spacial score (nSPS) is 22.1. The Kier molecular flexibility index (Phi) is 5.37. The molecule has 0 saturated heterocycles. The van der Waals surface area contributed by atoms with E-state index in [4.69, 9.17) is 28.3 Å². The fourth-order valence-electron chi connectivity index (χ4n) is 4.55. The third-order valence-corrected chi connectivity index (χ3v) is 6.45. The van der Waals surface area contributed by atoms with Crippen molar-refractivity contribution in [1.82, 2.24) is 0 Å². The van der Waals surface area contributed by atoms with Crippen LogP contribution in [0.1, 0.15) is 36.4 Å². The molecule has 2 atom stereocenters. The number of hydrogen-bond acceptors (Lipinski definition) is 2. The Hall–Kier alpha value is -2.55. The first-order valence-electron chi connectivity index (χ1n) is 10.3. The van der Waals surface area contributed by atoms with Crippen molar-refractivity contribution in [1.29, 1.82) is 0 Å². The van der Waals surface area contributed by atoms with Crippen LogP contribution in [0.2, 0.25) is 10.0 Å². The van der Waals surface area contributed by atoms with Crippen LogP contribution in [-0.4, -0.2) is 5.71 Å². The molecule has 0 spiro atoms. The molecule has 1 saturated carbocycles. The van der Waals surface area contributed by atoms with Gasteiger partial charge in [0.25, 0.3) is 0 Å². The van der Waals surface area contributed by atoms with Gasteiger partial charge in [-0.05, 0) is 78.4 Å². The van der Waals surface area contributed by atoms with E-state index in [0.29, 0.717) is 5.92 Å². The Morgan fingerprint density at radius 3 is 2.20 bits per heavy atom. The summed E-state index contributed by atoms with van der Waals surface area (Å²) in [5.41, 5.74) is 6.06. The van der Waals surface area contributed by atoms with E-state index in [-0.39, 0.29) is 6.04 Å². The van der Waals surface area contributed by atoms with Crippen molar-refractivity contribution in [2.45, 2.75) is 25.3 Å². The monoisotopic (exact) mass is 432 g/mol. The topological polar surface area (TPSA) is 15.6 Å². The van der Waals surface area contributed by atoms with Crippen molar-refractivity contribution in [2.75, 3.05) is 5.01 Å². The summed E-state index contributed by atoms with van der Waals surface area (Å²) >= 11 is 12.2. The summed E-state index contributed by atoms with van der Waals surface area (Å²) < 4.78 is 0. The van der Waals surface area contributed by atoms with Crippen LogP contribution in [0.25, 0.3) is 6.08 Å². The molecular weight excluding hydrogens is 411 g/mol. The molecule has 5 rings (SSSR count). The molecule has 0 bridgehead atoms. The quantitative estimate of drug-likeness (QED) is 0.412. The molecule has 0 aromatic heterocycles. The molecule has 4 heteroatoms. The SMILES string of the molecule is Clc1ccc(C=C2CCC[C@@H]3C2=NN(c2ccccc2)[C@H]3c2ccc(Cl)cc2)cc1. The van der Waals surface area contributed by atoms with Gasteiger partial charge in [-0.3, -0.25) is 5.01 Å². The highest BCUT2D eigenvalue weighted by Crippen LogP contribution is 2.46. The molecule has 0 N–H and O–H groups in total. The maximum Gasteiger partial charge on any atom is 0.0859 e. The highest BCUT2D eigenvalue weighted by molar-refractivity contribution is 6.30. The van der Waals surface area contributed by atoms with Gasteiger partial charge in [-0.2, -0.15) is 5.10 Å². The zero-order valence-corrected chi connectivity index (χ0v) is 18.0. The lowest BCUT2D eigenvalue weighted by Gasteiger charge is -2.30. The van der Waals surface area contributed by atoms with E-state index in [1.807, 2.05) is 30.3 Å². The second-order valence-electron chi connectivity index (χ2n) is 7.88. The average Bonchev–Trinajstić information content (AvgIpc) is 3.17. The van der Waals surface area contributed by atoms with Gasteiger partial charge in [-0.15, -0.1) is 0 Å². The van der Waals surface area contributed by atoms with Crippen molar-refractivity contribution in [3.63, 3.8) is 0 Å². The molecule has 150 valence electrons. The first-order chi connectivity index (χ1) is 14.7. The standard InChI is InChI=1S/C26H22Cl2N2/c27-21-13-9-18(10-14-21)17-20-5-4-8-24-25(20)29-30(23-6-2-1-3-7-23)26(24)19-11-15-22(28)16-12-19/h1-3,6-7,9-17,24,26H,4-5,8H2/t24-,26+/m1/s1. The smallest absolute Gasteiger partial charge is 0.0859 e. The number of hydrogen-bond donors (Lipinski definition) is 0. The van der Waals surface area contributed by atoms with Gasteiger partial charge in [0.1, 0.15) is 0 Å². The number of benzene rings is 3. The number of halogens is 2. The molecule has 1 heterocycles. The Bertz CT molecular complexity index is 1090. The van der Waals surface area contributed by atoms with Gasteiger partial charge in [-0.25, -0.2) is 0 Å². The molecule has 0 radical (unpaired) electrons. The number of hydrazone groups is 1. The van der Waals surface area contributed by atoms with Gasteiger partial charge < -0.3 is 0 Å². The maximum absolute atomic E-state index is 6.17. The highest BCUT2D eigenvalue weighted by Gasteiger charge is 2.41. The summed E-state index contributed by atoms with van der Waals surface area (Å²) in [6.45, 7) is 0. The van der Waals surface area contributed by atoms with E-state index in [1.165, 1.54) is 22.4 Å². The van der Waals surface area contributed by atoms with E-state index in [0.717, 1.165) is 35.0 Å². The van der Waals surface area contributed by atoms with Crippen molar-refractivity contribution in [3.8, 4) is 0 Å². The molecule has 0 unspecified atom stereocenters. The van der Waals surface area contributed by atoms with Crippen molar-refractivity contribution >= 4 is 40.7 Å². The summed E-state index contributed by atoms with van der Waals surface area (Å²) in [6.07, 6.45) is 5.62. The lowest BCUT2D eigenvalue weighted by molar-refractivity contribution is 0.488. The van der Waals surface area contributed by atoms with E-state index in [2.05, 4.69) is 59.6 Å². The van der Waals surface area contributed by atoms with Crippen LogP contribution in [0.5, 0.6) is 0 Å². The zero-order chi connectivity index (χ0) is 20.5. The molecule has 2 aliphatic rings. The van der Waals surface area contributed by atoms with Gasteiger partial charge in [0, 0.05) is 16.0 Å². The summed E-state index contributed by atoms with van der Waals surface area (Å²) in [4.78, 5) is 0. The van der Waals surface area contributed by atoms with Crippen LogP contribution in [-0.2, 0) is 0 Å². The third kappa shape index (κ3) is 3.78. The van der Waals surface area contributed by atoms with Crippen LogP contribution in [0, 0.1) is 5.92 Å². The Labute approximate surface area is 187 Å². The third-order valence-electron chi connectivity index (χ3n) is 5.94. The van der Waals surface area contributed by atoms with Crippen molar-refractivity contribution in [2.24, 2.45) is 11.0 Å². The summed E-state index contributed by atoms with van der Waals surface area (Å²) in [6, 6.07) is 26.9. The van der Waals surface area contributed by atoms with E-state index in [9.17, 15) is 0 Å². The van der Waals surface area contributed by atoms with Crippen LogP contribution < -0.4 is 5.01 Å². The van der Waals surface area contributed by atoms with Gasteiger partial charge in [0.05, 0.1) is 17.4 Å². The minimum Gasteiger partial charge on any atom is -0.257 e. The number of fused-ring (bicyclic) bond motifs is 1. The second kappa shape index (κ2) is 8.29.